The number of rotatable bonds is 3. The number of urea groups is 1. The van der Waals surface area contributed by atoms with Crippen LogP contribution >= 0.6 is 0 Å². The number of carbonyl (C=O) groups is 2. The molecule has 9 heteroatoms. The zero-order valence-electron chi connectivity index (χ0n) is 16.2. The van der Waals surface area contributed by atoms with Crippen LogP contribution in [-0.4, -0.2) is 54.3 Å². The quantitative estimate of drug-likeness (QED) is 0.765. The number of ether oxygens (including phenoxy) is 1. The Kier molecular flexibility index (Phi) is 6.04. The molecule has 6 nitrogen and oxygen atoms in total. The van der Waals surface area contributed by atoms with Gasteiger partial charge in [-0.2, -0.15) is 0 Å². The smallest absolute Gasteiger partial charge is 0.406 e. The van der Waals surface area contributed by atoms with Gasteiger partial charge in [0.25, 0.3) is 0 Å². The van der Waals surface area contributed by atoms with Gasteiger partial charge in [-0.1, -0.05) is 6.08 Å². The molecule has 1 spiro atoms. The fourth-order valence-electron chi connectivity index (χ4n) is 3.91. The summed E-state index contributed by atoms with van der Waals surface area (Å²) in [5.74, 6) is -0.317. The summed E-state index contributed by atoms with van der Waals surface area (Å²) in [5, 5.41) is 2.72. The van der Waals surface area contributed by atoms with E-state index < -0.39 is 6.36 Å². The van der Waals surface area contributed by atoms with Gasteiger partial charge < -0.3 is 19.9 Å². The third-order valence-electron chi connectivity index (χ3n) is 5.51. The van der Waals surface area contributed by atoms with Crippen molar-refractivity contribution in [3.05, 3.63) is 36.4 Å². The van der Waals surface area contributed by atoms with Crippen molar-refractivity contribution in [2.75, 3.05) is 31.5 Å². The largest absolute Gasteiger partial charge is 0.573 e. The zero-order chi connectivity index (χ0) is 21.1. The standard InChI is InChI=1S/C20H24F3N3O3/c1-2-3-17(27)25-11-8-19(9-12-25)10-13-26(14-19)18(28)24-15-4-6-16(7-5-15)29-20(21,22)23/h2-7H,8-14H2,1H3,(H,24,28). The second-order valence-corrected chi connectivity index (χ2v) is 7.50. The number of benzene rings is 1. The Morgan fingerprint density at radius 1 is 1.07 bits per heavy atom. The zero-order valence-corrected chi connectivity index (χ0v) is 16.2. The Hall–Kier alpha value is -2.71. The third-order valence-corrected chi connectivity index (χ3v) is 5.51. The highest BCUT2D eigenvalue weighted by Gasteiger charge is 2.42. The van der Waals surface area contributed by atoms with Gasteiger partial charge >= 0.3 is 12.4 Å². The molecular formula is C20H24F3N3O3. The molecule has 0 saturated carbocycles. The SMILES string of the molecule is CC=CC(=O)N1CCC2(CC1)CCN(C(=O)Nc1ccc(OC(F)(F)F)cc1)C2. The molecule has 1 N–H and O–H groups in total. The molecule has 0 unspecified atom stereocenters. The highest BCUT2D eigenvalue weighted by molar-refractivity contribution is 5.89. The number of hydrogen-bond acceptors (Lipinski definition) is 3. The number of hydrogen-bond donors (Lipinski definition) is 1. The number of carbonyl (C=O) groups excluding carboxylic acids is 2. The molecule has 2 saturated heterocycles. The van der Waals surface area contributed by atoms with Gasteiger partial charge in [-0.25, -0.2) is 4.79 Å². The Morgan fingerprint density at radius 2 is 1.66 bits per heavy atom. The predicted molar refractivity (Wildman–Crippen MR) is 101 cm³/mol. The van der Waals surface area contributed by atoms with Gasteiger partial charge in [0.05, 0.1) is 0 Å². The molecule has 3 amide bonds. The van der Waals surface area contributed by atoms with E-state index in [1.807, 2.05) is 11.8 Å². The van der Waals surface area contributed by atoms with E-state index in [-0.39, 0.29) is 23.1 Å². The number of piperidine rings is 1. The van der Waals surface area contributed by atoms with Crippen LogP contribution in [0.2, 0.25) is 0 Å². The average molecular weight is 411 g/mol. The predicted octanol–water partition coefficient (Wildman–Crippen LogP) is 4.01. The molecule has 0 radical (unpaired) electrons. The summed E-state index contributed by atoms with van der Waals surface area (Å²) in [5.41, 5.74) is 0.423. The molecule has 0 bridgehead atoms. The van der Waals surface area contributed by atoms with Crippen LogP contribution in [0.25, 0.3) is 0 Å². The number of amides is 3. The number of allylic oxidation sites excluding steroid dienone is 1. The lowest BCUT2D eigenvalue weighted by molar-refractivity contribution is -0.274. The molecular weight excluding hydrogens is 387 g/mol. The average Bonchev–Trinajstić information content (AvgIpc) is 3.07. The molecule has 2 fully saturated rings. The Balaban J connectivity index is 1.51. The first-order valence-electron chi connectivity index (χ1n) is 9.53. The van der Waals surface area contributed by atoms with Crippen LogP contribution in [0.3, 0.4) is 0 Å². The highest BCUT2D eigenvalue weighted by Crippen LogP contribution is 2.40. The van der Waals surface area contributed by atoms with Gasteiger partial charge in [-0.3, -0.25) is 4.79 Å². The van der Waals surface area contributed by atoms with E-state index in [1.165, 1.54) is 12.1 Å². The molecule has 0 aromatic heterocycles. The fraction of sp³-hybridized carbons (Fsp3) is 0.500. The summed E-state index contributed by atoms with van der Waals surface area (Å²) in [6.07, 6.45) is 1.13. The van der Waals surface area contributed by atoms with Crippen LogP contribution in [0, 0.1) is 5.41 Å². The van der Waals surface area contributed by atoms with Crippen molar-refractivity contribution in [1.29, 1.82) is 0 Å². The minimum Gasteiger partial charge on any atom is -0.406 e. The normalized spacial score (nSPS) is 19.0. The highest BCUT2D eigenvalue weighted by atomic mass is 19.4. The number of nitrogens with zero attached hydrogens (tertiary/aromatic N) is 2. The van der Waals surface area contributed by atoms with E-state index in [0.717, 1.165) is 31.4 Å². The molecule has 2 aliphatic heterocycles. The van der Waals surface area contributed by atoms with E-state index in [1.54, 1.807) is 17.1 Å². The van der Waals surface area contributed by atoms with E-state index in [4.69, 9.17) is 0 Å². The summed E-state index contributed by atoms with van der Waals surface area (Å²) in [7, 11) is 0. The minimum absolute atomic E-state index is 0.0212. The van der Waals surface area contributed by atoms with E-state index in [2.05, 4.69) is 10.1 Å². The topological polar surface area (TPSA) is 61.9 Å². The van der Waals surface area contributed by atoms with Crippen LogP contribution in [0.1, 0.15) is 26.2 Å². The molecule has 1 aromatic rings. The lowest BCUT2D eigenvalue weighted by Crippen LogP contribution is -2.44. The van der Waals surface area contributed by atoms with Crippen molar-refractivity contribution in [2.45, 2.75) is 32.5 Å². The van der Waals surface area contributed by atoms with E-state index >= 15 is 0 Å². The minimum atomic E-state index is -4.75. The number of anilines is 1. The van der Waals surface area contributed by atoms with Crippen molar-refractivity contribution >= 4 is 17.6 Å². The molecule has 3 rings (SSSR count). The third kappa shape index (κ3) is 5.42. The summed E-state index contributed by atoms with van der Waals surface area (Å²) in [6.45, 7) is 4.40. The van der Waals surface area contributed by atoms with Gasteiger partial charge in [0.15, 0.2) is 0 Å². The van der Waals surface area contributed by atoms with Crippen molar-refractivity contribution in [1.82, 2.24) is 9.80 Å². The van der Waals surface area contributed by atoms with E-state index in [0.29, 0.717) is 31.9 Å². The molecule has 29 heavy (non-hydrogen) atoms. The molecule has 1 aromatic carbocycles. The first kappa shape index (κ1) is 21.0. The molecule has 0 aliphatic carbocycles. The monoisotopic (exact) mass is 411 g/mol. The molecule has 2 heterocycles. The summed E-state index contributed by atoms with van der Waals surface area (Å²) < 4.78 is 40.5. The van der Waals surface area contributed by atoms with Crippen LogP contribution in [-0.2, 0) is 4.79 Å². The van der Waals surface area contributed by atoms with E-state index in [9.17, 15) is 22.8 Å². The Morgan fingerprint density at radius 3 is 2.21 bits per heavy atom. The van der Waals surface area contributed by atoms with Gasteiger partial charge in [-0.15, -0.1) is 13.2 Å². The summed E-state index contributed by atoms with van der Waals surface area (Å²) in [4.78, 5) is 28.1. The maximum Gasteiger partial charge on any atom is 0.573 e. The first-order chi connectivity index (χ1) is 13.7. The lowest BCUT2D eigenvalue weighted by Gasteiger charge is -2.38. The van der Waals surface area contributed by atoms with Crippen LogP contribution < -0.4 is 10.1 Å². The second kappa shape index (κ2) is 8.34. The van der Waals surface area contributed by atoms with Crippen molar-refractivity contribution < 1.29 is 27.5 Å². The number of halogens is 3. The van der Waals surface area contributed by atoms with Crippen molar-refractivity contribution in [2.24, 2.45) is 5.41 Å². The molecule has 0 atom stereocenters. The number of nitrogens with one attached hydrogen (secondary N) is 1. The second-order valence-electron chi connectivity index (χ2n) is 7.50. The lowest BCUT2D eigenvalue weighted by atomic mass is 9.78. The van der Waals surface area contributed by atoms with Crippen LogP contribution in [0.4, 0.5) is 23.7 Å². The maximum atomic E-state index is 12.5. The van der Waals surface area contributed by atoms with Gasteiger partial charge in [-0.05, 0) is 61.9 Å². The maximum absolute atomic E-state index is 12.5. The molecule has 2 aliphatic rings. The first-order valence-corrected chi connectivity index (χ1v) is 9.53. The Bertz CT molecular complexity index is 769. The van der Waals surface area contributed by atoms with Crippen LogP contribution in [0.5, 0.6) is 5.75 Å². The van der Waals surface area contributed by atoms with Gasteiger partial charge in [0.1, 0.15) is 5.75 Å². The van der Waals surface area contributed by atoms with Crippen LogP contribution in [0.15, 0.2) is 36.4 Å². The van der Waals surface area contributed by atoms with Gasteiger partial charge in [0.2, 0.25) is 5.91 Å². The summed E-state index contributed by atoms with van der Waals surface area (Å²) >= 11 is 0. The number of alkyl halides is 3. The van der Waals surface area contributed by atoms with Crippen molar-refractivity contribution in [3.8, 4) is 5.75 Å². The summed E-state index contributed by atoms with van der Waals surface area (Å²) in [6, 6.07) is 4.78. The van der Waals surface area contributed by atoms with Crippen molar-refractivity contribution in [3.63, 3.8) is 0 Å². The Labute approximate surface area is 167 Å². The van der Waals surface area contributed by atoms with Gasteiger partial charge in [0, 0.05) is 31.9 Å². The fourth-order valence-corrected chi connectivity index (χ4v) is 3.91. The molecule has 158 valence electrons. The number of likely N-dealkylation sites (tertiary alicyclic amines) is 2.